The number of carbonyl (C=O) groups is 3. The number of rotatable bonds is 12. The third-order valence-electron chi connectivity index (χ3n) is 5.24. The molecule has 7 nitrogen and oxygen atoms in total. The van der Waals surface area contributed by atoms with Gasteiger partial charge in [0, 0.05) is 30.5 Å². The summed E-state index contributed by atoms with van der Waals surface area (Å²) in [5.74, 6) is -0.657. The van der Waals surface area contributed by atoms with E-state index in [9.17, 15) is 14.4 Å². The van der Waals surface area contributed by atoms with Gasteiger partial charge in [0.2, 0.25) is 17.7 Å². The van der Waals surface area contributed by atoms with Crippen LogP contribution in [-0.4, -0.2) is 41.3 Å². The fourth-order valence-electron chi connectivity index (χ4n) is 3.16. The zero-order valence-electron chi connectivity index (χ0n) is 18.7. The first-order chi connectivity index (χ1) is 15.3. The van der Waals surface area contributed by atoms with Crippen LogP contribution in [0.3, 0.4) is 0 Å². The van der Waals surface area contributed by atoms with E-state index in [1.54, 1.807) is 6.07 Å². The number of hydrogen-bond acceptors (Lipinski definition) is 5. The number of thiazole rings is 1. The molecule has 9 heteroatoms. The number of halogens is 1. The zero-order valence-corrected chi connectivity index (χ0v) is 20.3. The Morgan fingerprint density at radius 2 is 2.00 bits per heavy atom. The van der Waals surface area contributed by atoms with Gasteiger partial charge in [-0.2, -0.15) is 0 Å². The minimum atomic E-state index is -0.772. The summed E-state index contributed by atoms with van der Waals surface area (Å²) in [6, 6.07) is 4.39. The van der Waals surface area contributed by atoms with Crippen molar-refractivity contribution < 1.29 is 14.4 Å². The Kier molecular flexibility index (Phi) is 10.1. The fourth-order valence-corrected chi connectivity index (χ4v) is 4.44. The summed E-state index contributed by atoms with van der Waals surface area (Å²) >= 11 is 7.52. The minimum Gasteiger partial charge on any atom is -0.351 e. The Labute approximate surface area is 198 Å². The zero-order chi connectivity index (χ0) is 23.7. The van der Waals surface area contributed by atoms with Gasteiger partial charge in [-0.1, -0.05) is 45.4 Å². The summed E-state index contributed by atoms with van der Waals surface area (Å²) in [6.45, 7) is 9.67. The maximum atomic E-state index is 13.2. The van der Waals surface area contributed by atoms with E-state index >= 15 is 0 Å². The molecule has 2 aromatic rings. The minimum absolute atomic E-state index is 0.126. The van der Waals surface area contributed by atoms with Gasteiger partial charge in [-0.15, -0.1) is 11.3 Å². The standard InChI is InChI=1S/C23H31ClN4O3S/c1-5-8-21(30)26-17(12-22-27-16-10-9-15(24)11-19(16)32-22)23(31)28-18(14(4)6-2)13-25-20(29)7-3/h7,9-11,14,17-18H,3,5-6,8,12-13H2,1-2,4H3,(H,25,29)(H,26,30)(H,28,31)/t14-,17-,18+/m0/s1. The Morgan fingerprint density at radius 1 is 1.25 bits per heavy atom. The first-order valence-corrected chi connectivity index (χ1v) is 12.0. The summed E-state index contributed by atoms with van der Waals surface area (Å²) in [7, 11) is 0. The summed E-state index contributed by atoms with van der Waals surface area (Å²) in [5.41, 5.74) is 0.804. The molecule has 174 valence electrons. The van der Waals surface area contributed by atoms with E-state index in [0.717, 1.165) is 21.6 Å². The molecular formula is C23H31ClN4O3S. The van der Waals surface area contributed by atoms with Crippen LogP contribution in [0, 0.1) is 5.92 Å². The van der Waals surface area contributed by atoms with E-state index in [1.807, 2.05) is 32.9 Å². The second kappa shape index (κ2) is 12.6. The molecule has 0 aliphatic carbocycles. The highest BCUT2D eigenvalue weighted by molar-refractivity contribution is 7.18. The van der Waals surface area contributed by atoms with Crippen LogP contribution >= 0.6 is 22.9 Å². The van der Waals surface area contributed by atoms with Crippen LogP contribution in [0.15, 0.2) is 30.9 Å². The molecule has 0 spiro atoms. The van der Waals surface area contributed by atoms with E-state index < -0.39 is 6.04 Å². The van der Waals surface area contributed by atoms with Crippen LogP contribution in [0.25, 0.3) is 10.2 Å². The summed E-state index contributed by atoms with van der Waals surface area (Å²) in [5, 5.41) is 9.96. The molecule has 0 radical (unpaired) electrons. The predicted octanol–water partition coefficient (Wildman–Crippen LogP) is 3.61. The molecule has 1 heterocycles. The van der Waals surface area contributed by atoms with Crippen LogP contribution in [0.1, 0.15) is 45.0 Å². The molecule has 2 rings (SSSR count). The quantitative estimate of drug-likeness (QED) is 0.406. The van der Waals surface area contributed by atoms with Gasteiger partial charge in [0.1, 0.15) is 6.04 Å². The Balaban J connectivity index is 2.20. The maximum Gasteiger partial charge on any atom is 0.243 e. The molecule has 32 heavy (non-hydrogen) atoms. The highest BCUT2D eigenvalue weighted by Gasteiger charge is 2.27. The van der Waals surface area contributed by atoms with Gasteiger partial charge >= 0.3 is 0 Å². The third kappa shape index (κ3) is 7.60. The van der Waals surface area contributed by atoms with E-state index in [1.165, 1.54) is 17.4 Å². The monoisotopic (exact) mass is 478 g/mol. The molecule has 3 amide bonds. The SMILES string of the molecule is C=CC(=O)NC[C@@H](NC(=O)[C@H](Cc1nc2ccc(Cl)cc2s1)NC(=O)CCC)[C@@H](C)CC. The van der Waals surface area contributed by atoms with Crippen LogP contribution in [-0.2, 0) is 20.8 Å². The largest absolute Gasteiger partial charge is 0.351 e. The Bertz CT molecular complexity index is 962. The van der Waals surface area contributed by atoms with Crippen molar-refractivity contribution in [1.82, 2.24) is 20.9 Å². The highest BCUT2D eigenvalue weighted by Crippen LogP contribution is 2.26. The molecule has 0 aliphatic heterocycles. The van der Waals surface area contributed by atoms with Crippen molar-refractivity contribution in [2.75, 3.05) is 6.54 Å². The van der Waals surface area contributed by atoms with Gasteiger partial charge in [-0.25, -0.2) is 4.98 Å². The lowest BCUT2D eigenvalue weighted by atomic mass is 9.98. The number of nitrogens with zero attached hydrogens (tertiary/aromatic N) is 1. The molecule has 3 N–H and O–H groups in total. The lowest BCUT2D eigenvalue weighted by Crippen LogP contribution is -2.54. The van der Waals surface area contributed by atoms with Crippen LogP contribution in [0.5, 0.6) is 0 Å². The number of hydrogen-bond donors (Lipinski definition) is 3. The normalized spacial score (nSPS) is 13.8. The molecular weight excluding hydrogens is 448 g/mol. The van der Waals surface area contributed by atoms with Gasteiger partial charge in [0.25, 0.3) is 0 Å². The van der Waals surface area contributed by atoms with Crippen molar-refractivity contribution >= 4 is 50.9 Å². The number of aromatic nitrogens is 1. The van der Waals surface area contributed by atoms with Crippen molar-refractivity contribution in [1.29, 1.82) is 0 Å². The molecule has 0 saturated heterocycles. The molecule has 0 fully saturated rings. The summed E-state index contributed by atoms with van der Waals surface area (Å²) in [6.07, 6.45) is 3.31. The maximum absolute atomic E-state index is 13.2. The highest BCUT2D eigenvalue weighted by atomic mass is 35.5. The molecule has 0 aliphatic rings. The molecule has 3 atom stereocenters. The molecule has 1 aromatic heterocycles. The second-order valence-corrected chi connectivity index (χ2v) is 9.30. The van der Waals surface area contributed by atoms with E-state index in [4.69, 9.17) is 11.6 Å². The molecule has 1 aromatic carbocycles. The lowest BCUT2D eigenvalue weighted by Gasteiger charge is -2.27. The number of fused-ring (bicyclic) bond motifs is 1. The molecule has 0 unspecified atom stereocenters. The topological polar surface area (TPSA) is 100 Å². The first kappa shape index (κ1) is 25.8. The first-order valence-electron chi connectivity index (χ1n) is 10.8. The number of amides is 3. The van der Waals surface area contributed by atoms with Crippen molar-refractivity contribution in [3.8, 4) is 0 Å². The Morgan fingerprint density at radius 3 is 2.66 bits per heavy atom. The molecule has 0 saturated carbocycles. The fraction of sp³-hybridized carbons (Fsp3) is 0.478. The van der Waals surface area contributed by atoms with Gasteiger partial charge < -0.3 is 16.0 Å². The average molecular weight is 479 g/mol. The van der Waals surface area contributed by atoms with E-state index in [-0.39, 0.29) is 42.6 Å². The number of benzene rings is 1. The lowest BCUT2D eigenvalue weighted by molar-refractivity contribution is -0.129. The third-order valence-corrected chi connectivity index (χ3v) is 6.52. The van der Waals surface area contributed by atoms with Crippen LogP contribution in [0.2, 0.25) is 5.02 Å². The van der Waals surface area contributed by atoms with Crippen LogP contribution in [0.4, 0.5) is 0 Å². The second-order valence-electron chi connectivity index (χ2n) is 7.74. The van der Waals surface area contributed by atoms with Crippen LogP contribution < -0.4 is 16.0 Å². The van der Waals surface area contributed by atoms with Crippen molar-refractivity contribution in [2.45, 2.75) is 58.5 Å². The predicted molar refractivity (Wildman–Crippen MR) is 130 cm³/mol. The number of carbonyl (C=O) groups excluding carboxylic acids is 3. The van der Waals surface area contributed by atoms with Gasteiger partial charge in [0.05, 0.1) is 15.2 Å². The van der Waals surface area contributed by atoms with Gasteiger partial charge in [-0.3, -0.25) is 14.4 Å². The van der Waals surface area contributed by atoms with Crippen molar-refractivity contribution in [3.63, 3.8) is 0 Å². The average Bonchev–Trinajstić information content (AvgIpc) is 3.16. The van der Waals surface area contributed by atoms with Gasteiger partial charge in [0.15, 0.2) is 0 Å². The van der Waals surface area contributed by atoms with E-state index in [2.05, 4.69) is 27.5 Å². The van der Waals surface area contributed by atoms with Crippen molar-refractivity contribution in [3.05, 3.63) is 40.9 Å². The summed E-state index contributed by atoms with van der Waals surface area (Å²) in [4.78, 5) is 41.7. The van der Waals surface area contributed by atoms with E-state index in [0.29, 0.717) is 17.9 Å². The van der Waals surface area contributed by atoms with Gasteiger partial charge in [-0.05, 0) is 36.6 Å². The Hall–Kier alpha value is -2.45. The summed E-state index contributed by atoms with van der Waals surface area (Å²) < 4.78 is 0.927. The van der Waals surface area contributed by atoms with Crippen molar-refractivity contribution in [2.24, 2.45) is 5.92 Å². The molecule has 0 bridgehead atoms. The smallest absolute Gasteiger partial charge is 0.243 e. The number of nitrogens with one attached hydrogen (secondary N) is 3.